The molecule has 1 aliphatic heterocycles. The Bertz CT molecular complexity index is 695. The quantitative estimate of drug-likeness (QED) is 0.635. The number of carbonyl (C=O) groups is 1. The minimum Gasteiger partial charge on any atom is -0.491 e. The molecular formula is C19H26BrF3N2O4. The lowest BCUT2D eigenvalue weighted by atomic mass is 10.1. The van der Waals surface area contributed by atoms with E-state index in [1.165, 1.54) is 18.2 Å². The molecule has 0 bridgehead atoms. The Morgan fingerprint density at radius 2 is 2.03 bits per heavy atom. The predicted molar refractivity (Wildman–Crippen MR) is 105 cm³/mol. The number of halogens is 4. The first kappa shape index (κ1) is 23.6. The van der Waals surface area contributed by atoms with Crippen LogP contribution in [0.3, 0.4) is 0 Å². The molecule has 0 aromatic heterocycles. The number of rotatable bonds is 6. The van der Waals surface area contributed by atoms with Crippen LogP contribution in [0.2, 0.25) is 0 Å². The molecule has 0 spiro atoms. The third-order valence-electron chi connectivity index (χ3n) is 4.03. The average molecular weight is 483 g/mol. The van der Waals surface area contributed by atoms with Gasteiger partial charge in [-0.15, -0.1) is 13.2 Å². The van der Waals surface area contributed by atoms with E-state index < -0.39 is 18.1 Å². The summed E-state index contributed by atoms with van der Waals surface area (Å²) in [6.07, 6.45) is -3.35. The molecule has 1 aromatic carbocycles. The van der Waals surface area contributed by atoms with Crippen LogP contribution in [-0.4, -0.2) is 55.2 Å². The molecule has 29 heavy (non-hydrogen) atoms. The largest absolute Gasteiger partial charge is 0.573 e. The van der Waals surface area contributed by atoms with Gasteiger partial charge in [0.15, 0.2) is 0 Å². The van der Waals surface area contributed by atoms with E-state index in [-0.39, 0.29) is 11.8 Å². The summed E-state index contributed by atoms with van der Waals surface area (Å²) in [5.74, 6) is 0.115. The van der Waals surface area contributed by atoms with Crippen molar-refractivity contribution in [2.75, 3.05) is 26.2 Å². The van der Waals surface area contributed by atoms with E-state index in [4.69, 9.17) is 9.47 Å². The lowest BCUT2D eigenvalue weighted by molar-refractivity contribution is -0.274. The van der Waals surface area contributed by atoms with Gasteiger partial charge in [-0.05, 0) is 74.3 Å². The molecule has 2 rings (SSSR count). The van der Waals surface area contributed by atoms with Crippen molar-refractivity contribution < 1.29 is 32.2 Å². The van der Waals surface area contributed by atoms with Crippen molar-refractivity contribution in [3.8, 4) is 11.5 Å². The fraction of sp³-hybridized carbons (Fsp3) is 0.632. The third kappa shape index (κ3) is 9.12. The first-order valence-corrected chi connectivity index (χ1v) is 10.1. The number of hydrogen-bond acceptors (Lipinski definition) is 5. The van der Waals surface area contributed by atoms with Crippen LogP contribution in [0.5, 0.6) is 11.5 Å². The molecule has 1 atom stereocenters. The minimum atomic E-state index is -4.74. The fourth-order valence-corrected chi connectivity index (χ4v) is 3.40. The Labute approximate surface area is 176 Å². The predicted octanol–water partition coefficient (Wildman–Crippen LogP) is 4.72. The monoisotopic (exact) mass is 482 g/mol. The summed E-state index contributed by atoms with van der Waals surface area (Å²) in [5.41, 5.74) is -0.541. The molecular weight excluding hydrogens is 457 g/mol. The Morgan fingerprint density at radius 3 is 2.66 bits per heavy atom. The number of nitrogens with one attached hydrogen (secondary N) is 1. The van der Waals surface area contributed by atoms with Gasteiger partial charge in [0.25, 0.3) is 0 Å². The van der Waals surface area contributed by atoms with Crippen LogP contribution in [0.4, 0.5) is 18.0 Å². The second-order valence-electron chi connectivity index (χ2n) is 7.77. The number of alkyl halides is 3. The van der Waals surface area contributed by atoms with Crippen molar-refractivity contribution in [1.29, 1.82) is 0 Å². The normalized spacial score (nSPS) is 18.2. The summed E-state index contributed by atoms with van der Waals surface area (Å²) >= 11 is 3.19. The van der Waals surface area contributed by atoms with Gasteiger partial charge in [-0.2, -0.15) is 0 Å². The SMILES string of the molecule is CC(C)(C)OC(=O)NC1CCCN(CCOc2ccc(OC(F)(F)F)cc2Br)C1. The van der Waals surface area contributed by atoms with Gasteiger partial charge >= 0.3 is 12.5 Å². The summed E-state index contributed by atoms with van der Waals surface area (Å²) in [4.78, 5) is 14.1. The molecule has 1 N–H and O–H groups in total. The second-order valence-corrected chi connectivity index (χ2v) is 8.63. The van der Waals surface area contributed by atoms with Gasteiger partial charge < -0.3 is 19.5 Å². The number of likely N-dealkylation sites (tertiary alicyclic amines) is 1. The molecule has 10 heteroatoms. The Hall–Kier alpha value is -1.68. The highest BCUT2D eigenvalue weighted by atomic mass is 79.9. The molecule has 1 unspecified atom stereocenters. The van der Waals surface area contributed by atoms with Gasteiger partial charge in [-0.1, -0.05) is 0 Å². The molecule has 1 heterocycles. The summed E-state index contributed by atoms with van der Waals surface area (Å²) in [7, 11) is 0. The Morgan fingerprint density at radius 1 is 1.31 bits per heavy atom. The van der Waals surface area contributed by atoms with E-state index in [0.717, 1.165) is 19.4 Å². The van der Waals surface area contributed by atoms with Gasteiger partial charge in [0.2, 0.25) is 0 Å². The smallest absolute Gasteiger partial charge is 0.491 e. The van der Waals surface area contributed by atoms with E-state index >= 15 is 0 Å². The minimum absolute atomic E-state index is 0.00383. The number of nitrogens with zero attached hydrogens (tertiary/aromatic N) is 1. The zero-order valence-electron chi connectivity index (χ0n) is 16.6. The molecule has 1 fully saturated rings. The molecule has 164 valence electrons. The molecule has 0 saturated carbocycles. The van der Waals surface area contributed by atoms with Gasteiger partial charge in [0, 0.05) is 19.1 Å². The lowest BCUT2D eigenvalue weighted by Crippen LogP contribution is -2.49. The Balaban J connectivity index is 1.78. The van der Waals surface area contributed by atoms with E-state index in [0.29, 0.717) is 29.9 Å². The van der Waals surface area contributed by atoms with Gasteiger partial charge in [-0.25, -0.2) is 4.79 Å². The number of piperidine rings is 1. The standard InChI is InChI=1S/C19H26BrF3N2O4/c1-18(2,3)29-17(26)24-13-5-4-8-25(12-13)9-10-27-16-7-6-14(11-15(16)20)28-19(21,22)23/h6-7,11,13H,4-5,8-10,12H2,1-3H3,(H,24,26). The van der Waals surface area contributed by atoms with Gasteiger partial charge in [0.1, 0.15) is 23.7 Å². The van der Waals surface area contributed by atoms with Crippen molar-refractivity contribution in [2.45, 2.75) is 51.6 Å². The highest BCUT2D eigenvalue weighted by Crippen LogP contribution is 2.32. The zero-order chi connectivity index (χ0) is 21.7. The number of carbonyl (C=O) groups excluding carboxylic acids is 1. The highest BCUT2D eigenvalue weighted by Gasteiger charge is 2.31. The van der Waals surface area contributed by atoms with E-state index in [1.54, 1.807) is 0 Å². The molecule has 1 aliphatic rings. The molecule has 0 radical (unpaired) electrons. The highest BCUT2D eigenvalue weighted by molar-refractivity contribution is 9.10. The lowest BCUT2D eigenvalue weighted by Gasteiger charge is -2.33. The van der Waals surface area contributed by atoms with Crippen LogP contribution in [-0.2, 0) is 4.74 Å². The maximum absolute atomic E-state index is 12.3. The molecule has 6 nitrogen and oxygen atoms in total. The first-order chi connectivity index (χ1) is 13.4. The maximum atomic E-state index is 12.3. The number of hydrogen-bond donors (Lipinski definition) is 1. The second kappa shape index (κ2) is 9.88. The van der Waals surface area contributed by atoms with Crippen molar-refractivity contribution in [2.24, 2.45) is 0 Å². The van der Waals surface area contributed by atoms with Crippen molar-refractivity contribution >= 4 is 22.0 Å². The number of ether oxygens (including phenoxy) is 3. The van der Waals surface area contributed by atoms with Gasteiger partial charge in [-0.3, -0.25) is 4.90 Å². The number of alkyl carbamates (subject to hydrolysis) is 1. The summed E-state index contributed by atoms with van der Waals surface area (Å²) < 4.78 is 52.0. The van der Waals surface area contributed by atoms with Crippen LogP contribution in [0.25, 0.3) is 0 Å². The van der Waals surface area contributed by atoms with E-state index in [2.05, 4.69) is 30.9 Å². The summed E-state index contributed by atoms with van der Waals surface area (Å²) in [6, 6.07) is 3.85. The van der Waals surface area contributed by atoms with Crippen LogP contribution in [0, 0.1) is 0 Å². The Kier molecular flexibility index (Phi) is 8.04. The van der Waals surface area contributed by atoms with Crippen LogP contribution < -0.4 is 14.8 Å². The van der Waals surface area contributed by atoms with E-state index in [9.17, 15) is 18.0 Å². The van der Waals surface area contributed by atoms with Crippen molar-refractivity contribution in [1.82, 2.24) is 10.2 Å². The van der Waals surface area contributed by atoms with Crippen LogP contribution in [0.15, 0.2) is 22.7 Å². The van der Waals surface area contributed by atoms with Crippen molar-refractivity contribution in [3.05, 3.63) is 22.7 Å². The molecule has 1 aromatic rings. The topological polar surface area (TPSA) is 60.0 Å². The molecule has 1 amide bonds. The molecule has 1 saturated heterocycles. The first-order valence-electron chi connectivity index (χ1n) is 9.31. The third-order valence-corrected chi connectivity index (χ3v) is 4.65. The van der Waals surface area contributed by atoms with Crippen LogP contribution in [0.1, 0.15) is 33.6 Å². The van der Waals surface area contributed by atoms with Crippen LogP contribution >= 0.6 is 15.9 Å². The summed E-state index contributed by atoms with van der Waals surface area (Å²) in [5, 5.41) is 2.89. The number of amides is 1. The van der Waals surface area contributed by atoms with Crippen molar-refractivity contribution in [3.63, 3.8) is 0 Å². The van der Waals surface area contributed by atoms with E-state index in [1.807, 2.05) is 20.8 Å². The average Bonchev–Trinajstić information content (AvgIpc) is 2.54. The molecule has 0 aliphatic carbocycles. The number of benzene rings is 1. The zero-order valence-corrected chi connectivity index (χ0v) is 18.2. The summed E-state index contributed by atoms with van der Waals surface area (Å²) in [6.45, 7) is 8.00. The maximum Gasteiger partial charge on any atom is 0.573 e. The fourth-order valence-electron chi connectivity index (χ4n) is 2.93. The van der Waals surface area contributed by atoms with Gasteiger partial charge in [0.05, 0.1) is 4.47 Å².